The van der Waals surface area contributed by atoms with E-state index in [4.69, 9.17) is 23.2 Å². The van der Waals surface area contributed by atoms with Gasteiger partial charge in [-0.05, 0) is 37.5 Å². The molecule has 1 aliphatic carbocycles. The Morgan fingerprint density at radius 1 is 1.09 bits per heavy atom. The highest BCUT2D eigenvalue weighted by molar-refractivity contribution is 6.42. The second kappa shape index (κ2) is 6.75. The van der Waals surface area contributed by atoms with Crippen LogP contribution in [0, 0.1) is 0 Å². The first-order valence-electron chi connectivity index (χ1n) is 7.72. The van der Waals surface area contributed by atoms with Crippen LogP contribution in [0.25, 0.3) is 0 Å². The fraction of sp³-hybridized carbons (Fsp3) is 0.562. The molecule has 0 bridgehead atoms. The Hall–Kier alpha value is -0.810. The van der Waals surface area contributed by atoms with Crippen molar-refractivity contribution in [3.63, 3.8) is 0 Å². The summed E-state index contributed by atoms with van der Waals surface area (Å²) in [6, 6.07) is 5.26. The Morgan fingerprint density at radius 2 is 1.82 bits per heavy atom. The van der Waals surface area contributed by atoms with Gasteiger partial charge in [-0.3, -0.25) is 9.69 Å². The Labute approximate surface area is 140 Å². The molecule has 1 saturated carbocycles. The van der Waals surface area contributed by atoms with Crippen molar-refractivity contribution < 1.29 is 9.90 Å². The van der Waals surface area contributed by atoms with E-state index in [9.17, 15) is 9.90 Å². The number of nitrogens with zero attached hydrogens (tertiary/aromatic N) is 2. The van der Waals surface area contributed by atoms with Gasteiger partial charge in [-0.15, -0.1) is 0 Å². The van der Waals surface area contributed by atoms with Gasteiger partial charge < -0.3 is 10.0 Å². The molecule has 1 heterocycles. The summed E-state index contributed by atoms with van der Waals surface area (Å²) in [7, 11) is 0. The van der Waals surface area contributed by atoms with Crippen LogP contribution in [0.15, 0.2) is 18.2 Å². The van der Waals surface area contributed by atoms with E-state index in [1.807, 2.05) is 4.90 Å². The number of aliphatic hydroxyl groups is 1. The molecule has 2 atom stereocenters. The Bertz CT molecular complexity index is 559. The van der Waals surface area contributed by atoms with E-state index in [2.05, 4.69) is 4.90 Å². The number of hydrogen-bond acceptors (Lipinski definition) is 3. The van der Waals surface area contributed by atoms with Gasteiger partial charge in [0.25, 0.3) is 5.91 Å². The normalized spacial score (nSPS) is 26.4. The van der Waals surface area contributed by atoms with Gasteiger partial charge in [0.15, 0.2) is 0 Å². The standard InChI is InChI=1S/C16H20Cl2N2O2/c17-12-5-4-11(10-13(12)18)16(22)20-8-6-19(7-9-20)14-2-1-3-15(14)21/h4-5,10,14-15,21H,1-3,6-9H2/t14-,15+/m0/s1. The van der Waals surface area contributed by atoms with E-state index in [1.165, 1.54) is 0 Å². The first-order valence-corrected chi connectivity index (χ1v) is 8.48. The maximum absolute atomic E-state index is 12.5. The summed E-state index contributed by atoms with van der Waals surface area (Å²) < 4.78 is 0. The quantitative estimate of drug-likeness (QED) is 0.898. The van der Waals surface area contributed by atoms with E-state index in [0.717, 1.165) is 32.4 Å². The van der Waals surface area contributed by atoms with E-state index in [0.29, 0.717) is 28.7 Å². The molecular weight excluding hydrogens is 323 g/mol. The molecule has 120 valence electrons. The molecule has 4 nitrogen and oxygen atoms in total. The van der Waals surface area contributed by atoms with Crippen LogP contribution in [0.5, 0.6) is 0 Å². The van der Waals surface area contributed by atoms with Crippen LogP contribution in [-0.2, 0) is 0 Å². The summed E-state index contributed by atoms with van der Waals surface area (Å²) >= 11 is 11.9. The fourth-order valence-corrected chi connectivity index (χ4v) is 3.71. The summed E-state index contributed by atoms with van der Waals surface area (Å²) in [5.41, 5.74) is 0.573. The highest BCUT2D eigenvalue weighted by atomic mass is 35.5. The molecule has 22 heavy (non-hydrogen) atoms. The van der Waals surface area contributed by atoms with Crippen molar-refractivity contribution in [2.75, 3.05) is 26.2 Å². The van der Waals surface area contributed by atoms with Gasteiger partial charge in [-0.2, -0.15) is 0 Å². The minimum atomic E-state index is -0.211. The molecule has 2 aliphatic rings. The smallest absolute Gasteiger partial charge is 0.253 e. The van der Waals surface area contributed by atoms with Gasteiger partial charge in [0.05, 0.1) is 16.1 Å². The van der Waals surface area contributed by atoms with Gasteiger partial charge in [-0.25, -0.2) is 0 Å². The first kappa shape index (κ1) is 16.1. The van der Waals surface area contributed by atoms with Crippen molar-refractivity contribution in [1.29, 1.82) is 0 Å². The summed E-state index contributed by atoms with van der Waals surface area (Å²) in [6.45, 7) is 2.99. The molecule has 6 heteroatoms. The van der Waals surface area contributed by atoms with Crippen molar-refractivity contribution in [3.8, 4) is 0 Å². The lowest BCUT2D eigenvalue weighted by molar-refractivity contribution is 0.0315. The number of piperazine rings is 1. The molecule has 0 aromatic heterocycles. The number of rotatable bonds is 2. The summed E-state index contributed by atoms with van der Waals surface area (Å²) in [5.74, 6) is -0.00909. The number of carbonyl (C=O) groups excluding carboxylic acids is 1. The van der Waals surface area contributed by atoms with E-state index in [1.54, 1.807) is 18.2 Å². The van der Waals surface area contributed by atoms with E-state index in [-0.39, 0.29) is 18.1 Å². The third kappa shape index (κ3) is 3.25. The third-order valence-electron chi connectivity index (χ3n) is 4.68. The Kier molecular flexibility index (Phi) is 4.93. The highest BCUT2D eigenvalue weighted by Gasteiger charge is 2.33. The largest absolute Gasteiger partial charge is 0.391 e. The number of amides is 1. The number of benzene rings is 1. The number of hydrogen-bond donors (Lipinski definition) is 1. The molecule has 1 aromatic rings. The van der Waals surface area contributed by atoms with Crippen LogP contribution in [0.3, 0.4) is 0 Å². The maximum atomic E-state index is 12.5. The molecule has 3 rings (SSSR count). The second-order valence-electron chi connectivity index (χ2n) is 6.02. The van der Waals surface area contributed by atoms with Crippen molar-refractivity contribution in [1.82, 2.24) is 9.80 Å². The van der Waals surface area contributed by atoms with E-state index >= 15 is 0 Å². The monoisotopic (exact) mass is 342 g/mol. The minimum Gasteiger partial charge on any atom is -0.391 e. The molecular formula is C16H20Cl2N2O2. The van der Waals surface area contributed by atoms with Gasteiger partial charge in [0, 0.05) is 37.8 Å². The molecule has 1 aliphatic heterocycles. The van der Waals surface area contributed by atoms with Crippen molar-refractivity contribution in [2.24, 2.45) is 0 Å². The highest BCUT2D eigenvalue weighted by Crippen LogP contribution is 2.26. The van der Waals surface area contributed by atoms with Crippen LogP contribution in [0.4, 0.5) is 0 Å². The van der Waals surface area contributed by atoms with E-state index < -0.39 is 0 Å². The van der Waals surface area contributed by atoms with Crippen LogP contribution in [0.1, 0.15) is 29.6 Å². The average molecular weight is 343 g/mol. The van der Waals surface area contributed by atoms with Gasteiger partial charge in [-0.1, -0.05) is 23.2 Å². The lowest BCUT2D eigenvalue weighted by atomic mass is 10.1. The molecule has 0 unspecified atom stereocenters. The van der Waals surface area contributed by atoms with Gasteiger partial charge in [0.1, 0.15) is 0 Å². The van der Waals surface area contributed by atoms with Crippen LogP contribution < -0.4 is 0 Å². The predicted molar refractivity (Wildman–Crippen MR) is 87.6 cm³/mol. The molecule has 1 amide bonds. The third-order valence-corrected chi connectivity index (χ3v) is 5.42. The zero-order valence-electron chi connectivity index (χ0n) is 12.3. The molecule has 2 fully saturated rings. The van der Waals surface area contributed by atoms with Crippen LogP contribution >= 0.6 is 23.2 Å². The zero-order valence-corrected chi connectivity index (χ0v) is 13.9. The lowest BCUT2D eigenvalue weighted by Crippen LogP contribution is -2.53. The number of aliphatic hydroxyl groups excluding tert-OH is 1. The maximum Gasteiger partial charge on any atom is 0.253 e. The topological polar surface area (TPSA) is 43.8 Å². The SMILES string of the molecule is O=C(c1ccc(Cl)c(Cl)c1)N1CCN([C@H]2CCC[C@H]2O)CC1. The second-order valence-corrected chi connectivity index (χ2v) is 6.84. The van der Waals surface area contributed by atoms with Gasteiger partial charge >= 0.3 is 0 Å². The molecule has 1 saturated heterocycles. The predicted octanol–water partition coefficient (Wildman–Crippen LogP) is 2.66. The van der Waals surface area contributed by atoms with Crippen molar-refractivity contribution >= 4 is 29.1 Å². The average Bonchev–Trinajstić information content (AvgIpc) is 2.95. The summed E-state index contributed by atoms with van der Waals surface area (Å²) in [5, 5.41) is 10.9. The van der Waals surface area contributed by atoms with Crippen molar-refractivity contribution in [2.45, 2.75) is 31.4 Å². The molecule has 0 spiro atoms. The zero-order chi connectivity index (χ0) is 15.7. The Morgan fingerprint density at radius 3 is 2.41 bits per heavy atom. The first-order chi connectivity index (χ1) is 10.6. The van der Waals surface area contributed by atoms with Gasteiger partial charge in [0.2, 0.25) is 0 Å². The fourth-order valence-electron chi connectivity index (χ4n) is 3.42. The van der Waals surface area contributed by atoms with Crippen LogP contribution in [-0.4, -0.2) is 59.1 Å². The molecule has 1 aromatic carbocycles. The Balaban J connectivity index is 1.61. The molecule has 0 radical (unpaired) electrons. The number of halogens is 2. The molecule has 1 N–H and O–H groups in total. The summed E-state index contributed by atoms with van der Waals surface area (Å²) in [4.78, 5) is 16.7. The van der Waals surface area contributed by atoms with Crippen LogP contribution in [0.2, 0.25) is 10.0 Å². The lowest BCUT2D eigenvalue weighted by Gasteiger charge is -2.39. The minimum absolute atomic E-state index is 0.00909. The summed E-state index contributed by atoms with van der Waals surface area (Å²) in [6.07, 6.45) is 2.83. The van der Waals surface area contributed by atoms with Crippen molar-refractivity contribution in [3.05, 3.63) is 33.8 Å². The number of carbonyl (C=O) groups is 1.